The number of phenols is 2. The maximum atomic E-state index is 11.0. The summed E-state index contributed by atoms with van der Waals surface area (Å²) in [5.74, 6) is 0.631. The summed E-state index contributed by atoms with van der Waals surface area (Å²) >= 11 is -1.69. The van der Waals surface area contributed by atoms with Gasteiger partial charge in [0.15, 0.2) is 0 Å². The van der Waals surface area contributed by atoms with Crippen molar-refractivity contribution in [3.63, 3.8) is 0 Å². The molecule has 0 spiro atoms. The molecular formula is C31H31IN2O2. The molecule has 1 aliphatic rings. The summed E-state index contributed by atoms with van der Waals surface area (Å²) in [6.07, 6.45) is 5.41. The van der Waals surface area contributed by atoms with Crippen molar-refractivity contribution in [3.05, 3.63) is 108 Å². The Bertz CT molecular complexity index is 1330. The Morgan fingerprint density at radius 3 is 2.08 bits per heavy atom. The van der Waals surface area contributed by atoms with E-state index in [2.05, 4.69) is 5.32 Å². The van der Waals surface area contributed by atoms with Crippen molar-refractivity contribution >= 4 is 26.3 Å². The van der Waals surface area contributed by atoms with Crippen LogP contribution in [0, 0.1) is 0 Å². The molecule has 0 aliphatic carbocycles. The molecule has 1 heterocycles. The van der Waals surface area contributed by atoms with E-state index in [4.69, 9.17) is 3.21 Å². The number of rotatable bonds is 7. The fourth-order valence-electron chi connectivity index (χ4n) is 4.56. The molecule has 1 aliphatic heterocycles. The minimum atomic E-state index is -1.69. The van der Waals surface area contributed by atoms with Crippen molar-refractivity contribution in [2.24, 2.45) is 3.21 Å². The van der Waals surface area contributed by atoms with Crippen LogP contribution < -0.4 is 5.32 Å². The van der Waals surface area contributed by atoms with Crippen LogP contribution in [-0.2, 0) is 6.54 Å². The molecule has 0 saturated carbocycles. The van der Waals surface area contributed by atoms with Crippen LogP contribution in [0.4, 0.5) is 0 Å². The van der Waals surface area contributed by atoms with Crippen LogP contribution in [0.2, 0.25) is 0 Å². The third-order valence-corrected chi connectivity index (χ3v) is 12.2. The summed E-state index contributed by atoms with van der Waals surface area (Å²) in [7, 11) is 0. The molecule has 184 valence electrons. The number of hydrogen-bond acceptors (Lipinski definition) is 4. The molecule has 1 unspecified atom stereocenters. The van der Waals surface area contributed by atoms with Gasteiger partial charge in [0.05, 0.1) is 0 Å². The first kappa shape index (κ1) is 24.5. The van der Waals surface area contributed by atoms with Gasteiger partial charge in [0.2, 0.25) is 0 Å². The second-order valence-corrected chi connectivity index (χ2v) is 14.2. The fourth-order valence-corrected chi connectivity index (χ4v) is 9.84. The number of halogens is 1. The molecule has 0 bridgehead atoms. The van der Waals surface area contributed by atoms with Crippen LogP contribution >= 0.6 is 20.1 Å². The molecular weight excluding hydrogens is 559 g/mol. The quantitative estimate of drug-likeness (QED) is 0.0901. The summed E-state index contributed by atoms with van der Waals surface area (Å²) in [4.78, 5) is 0. The first-order valence-corrected chi connectivity index (χ1v) is 16.1. The van der Waals surface area contributed by atoms with Gasteiger partial charge in [-0.15, -0.1) is 0 Å². The zero-order valence-electron chi connectivity index (χ0n) is 20.1. The van der Waals surface area contributed by atoms with E-state index in [1.807, 2.05) is 103 Å². The van der Waals surface area contributed by atoms with Gasteiger partial charge in [0.1, 0.15) is 0 Å². The van der Waals surface area contributed by atoms with Gasteiger partial charge in [-0.05, 0) is 0 Å². The van der Waals surface area contributed by atoms with Crippen LogP contribution in [0.5, 0.6) is 11.5 Å². The third-order valence-electron chi connectivity index (χ3n) is 6.52. The van der Waals surface area contributed by atoms with Gasteiger partial charge in [-0.1, -0.05) is 0 Å². The van der Waals surface area contributed by atoms with Gasteiger partial charge in [-0.3, -0.25) is 0 Å². The van der Waals surface area contributed by atoms with Crippen molar-refractivity contribution in [2.75, 3.05) is 4.43 Å². The standard InChI is InChI=1S/C31H31IN2O2/c35-30-25(15-9-17-27(30)23-11-3-1-4-12-23)21-33-29-19-7-8-20-32(29)34-22-26-16-10-18-28(31(26)36)24-13-5-2-6-14-24/h1-6,9-18,22,29,33,35-36H,7-8,19-21H2/b34-22+. The van der Waals surface area contributed by atoms with Crippen LogP contribution in [0.15, 0.2) is 100 Å². The second kappa shape index (κ2) is 11.7. The van der Waals surface area contributed by atoms with Crippen molar-refractivity contribution in [1.29, 1.82) is 0 Å². The van der Waals surface area contributed by atoms with Crippen molar-refractivity contribution in [2.45, 2.75) is 29.9 Å². The molecule has 1 atom stereocenters. The van der Waals surface area contributed by atoms with E-state index in [0.29, 0.717) is 16.3 Å². The summed E-state index contributed by atoms with van der Waals surface area (Å²) in [6.45, 7) is 0.620. The summed E-state index contributed by atoms with van der Waals surface area (Å²) < 4.78 is 6.61. The van der Waals surface area contributed by atoms with E-state index in [9.17, 15) is 10.2 Å². The van der Waals surface area contributed by atoms with E-state index >= 15 is 0 Å². The number of nitrogens with zero attached hydrogens (tertiary/aromatic N) is 1. The van der Waals surface area contributed by atoms with E-state index in [0.717, 1.165) is 44.2 Å². The predicted molar refractivity (Wildman–Crippen MR) is 158 cm³/mol. The van der Waals surface area contributed by atoms with Gasteiger partial charge in [-0.25, -0.2) is 0 Å². The van der Waals surface area contributed by atoms with Gasteiger partial charge >= 0.3 is 221 Å². The van der Waals surface area contributed by atoms with Gasteiger partial charge in [-0.2, -0.15) is 0 Å². The second-order valence-electron chi connectivity index (χ2n) is 8.92. The number of para-hydroxylation sites is 2. The molecule has 5 heteroatoms. The summed E-state index contributed by atoms with van der Waals surface area (Å²) in [5.41, 5.74) is 5.39. The Labute approximate surface area is 220 Å². The van der Waals surface area contributed by atoms with E-state index in [1.165, 1.54) is 12.8 Å². The van der Waals surface area contributed by atoms with Gasteiger partial charge < -0.3 is 0 Å². The Morgan fingerprint density at radius 2 is 1.39 bits per heavy atom. The molecule has 3 N–H and O–H groups in total. The van der Waals surface area contributed by atoms with E-state index in [-0.39, 0.29) is 5.75 Å². The van der Waals surface area contributed by atoms with Gasteiger partial charge in [0, 0.05) is 0 Å². The number of nitrogens with one attached hydrogen (secondary N) is 1. The number of benzene rings is 4. The molecule has 0 aromatic heterocycles. The SMILES string of the molecule is Oc1c(/C=N/I2CCCCC2NCc2cccc(-c3ccccc3)c2O)cccc1-c1ccccc1. The normalized spacial score (nSPS) is 16.9. The van der Waals surface area contributed by atoms with E-state index in [1.54, 1.807) is 0 Å². The monoisotopic (exact) mass is 590 g/mol. The molecule has 36 heavy (non-hydrogen) atoms. The number of alkyl halides is 2. The molecule has 4 nitrogen and oxygen atoms in total. The van der Waals surface area contributed by atoms with Crippen molar-refractivity contribution in [1.82, 2.24) is 5.32 Å². The Kier molecular flexibility index (Phi) is 7.98. The van der Waals surface area contributed by atoms with Crippen LogP contribution in [0.25, 0.3) is 22.3 Å². The molecule has 4 aromatic rings. The zero-order valence-corrected chi connectivity index (χ0v) is 22.3. The minimum absolute atomic E-state index is 0.285. The molecule has 0 amide bonds. The molecule has 1 saturated heterocycles. The fraction of sp³-hybridized carbons (Fsp3) is 0.194. The van der Waals surface area contributed by atoms with Crippen molar-refractivity contribution in [3.8, 4) is 33.8 Å². The summed E-state index contributed by atoms with van der Waals surface area (Å²) in [5, 5.41) is 25.6. The maximum absolute atomic E-state index is 11.0. The predicted octanol–water partition coefficient (Wildman–Crippen LogP) is 7.57. The van der Waals surface area contributed by atoms with Crippen LogP contribution in [-0.4, -0.2) is 24.9 Å². The molecule has 4 aromatic carbocycles. The average molecular weight is 591 g/mol. The number of hydrogen-bond donors (Lipinski definition) is 3. The Hall–Kier alpha value is -3.16. The van der Waals surface area contributed by atoms with Crippen molar-refractivity contribution < 1.29 is 10.2 Å². The Balaban J connectivity index is 1.30. The van der Waals surface area contributed by atoms with Crippen LogP contribution in [0.3, 0.4) is 0 Å². The van der Waals surface area contributed by atoms with E-state index < -0.39 is 20.1 Å². The van der Waals surface area contributed by atoms with Crippen LogP contribution in [0.1, 0.15) is 30.4 Å². The number of aromatic hydroxyl groups is 2. The molecule has 0 radical (unpaired) electrons. The van der Waals surface area contributed by atoms with Gasteiger partial charge in [0.25, 0.3) is 0 Å². The zero-order chi connectivity index (χ0) is 24.7. The first-order chi connectivity index (χ1) is 17.7. The Morgan fingerprint density at radius 1 is 0.750 bits per heavy atom. The third kappa shape index (κ3) is 5.63. The topological polar surface area (TPSA) is 64.9 Å². The molecule has 5 rings (SSSR count). The first-order valence-electron chi connectivity index (χ1n) is 12.4. The summed E-state index contributed by atoms with van der Waals surface area (Å²) in [6, 6.07) is 31.8. The molecule has 1 fully saturated rings. The average Bonchev–Trinajstić information content (AvgIpc) is 2.93. The number of phenolic OH excluding ortho intramolecular Hbond substituents is 2.